The van der Waals surface area contributed by atoms with Gasteiger partial charge in [0.1, 0.15) is 0 Å². The molecule has 1 saturated carbocycles. The predicted octanol–water partition coefficient (Wildman–Crippen LogP) is 4.19. The molecular weight excluding hydrogens is 222 g/mol. The highest BCUT2D eigenvalue weighted by Crippen LogP contribution is 2.17. The summed E-state index contributed by atoms with van der Waals surface area (Å²) in [5.41, 5.74) is 0. The van der Waals surface area contributed by atoms with Crippen LogP contribution in [0.1, 0.15) is 57.8 Å². The van der Waals surface area contributed by atoms with Crippen LogP contribution in [-0.4, -0.2) is 19.7 Å². The van der Waals surface area contributed by atoms with Gasteiger partial charge in [-0.15, -0.1) is 6.58 Å². The lowest BCUT2D eigenvalue weighted by molar-refractivity contribution is 0.271. The van der Waals surface area contributed by atoms with Crippen LogP contribution in [0.3, 0.4) is 0 Å². The zero-order valence-electron chi connectivity index (χ0n) is 11.9. The van der Waals surface area contributed by atoms with Crippen LogP contribution in [0.25, 0.3) is 0 Å². The molecule has 2 heteroatoms. The van der Waals surface area contributed by atoms with E-state index in [1.54, 1.807) is 7.11 Å². The largest absolute Gasteiger partial charge is 0.501 e. The number of ether oxygens (including phenoxy) is 1. The summed E-state index contributed by atoms with van der Waals surface area (Å²) in [6.45, 7) is 4.85. The van der Waals surface area contributed by atoms with Gasteiger partial charge in [-0.05, 0) is 44.7 Å². The molecule has 104 valence electrons. The molecule has 18 heavy (non-hydrogen) atoms. The smallest absolute Gasteiger partial charge is 0.0916 e. The van der Waals surface area contributed by atoms with Crippen LogP contribution in [0.2, 0.25) is 0 Å². The molecule has 0 heterocycles. The average Bonchev–Trinajstić information content (AvgIpc) is 2.43. The average molecular weight is 251 g/mol. The molecule has 0 spiro atoms. The summed E-state index contributed by atoms with van der Waals surface area (Å²) in [6, 6.07) is 0.773. The van der Waals surface area contributed by atoms with Gasteiger partial charge in [0.05, 0.1) is 12.9 Å². The molecular formula is C16H29NO. The third-order valence-electron chi connectivity index (χ3n) is 3.64. The number of allylic oxidation sites excluding steroid dienone is 3. The van der Waals surface area contributed by atoms with E-state index >= 15 is 0 Å². The Bertz CT molecular complexity index is 241. The minimum atomic E-state index is 0.773. The van der Waals surface area contributed by atoms with E-state index in [4.69, 9.17) is 4.74 Å². The van der Waals surface area contributed by atoms with Gasteiger partial charge in [0.25, 0.3) is 0 Å². The van der Waals surface area contributed by atoms with Crippen molar-refractivity contribution in [2.24, 2.45) is 0 Å². The lowest BCUT2D eigenvalue weighted by atomic mass is 9.95. The molecule has 1 aliphatic rings. The minimum absolute atomic E-state index is 0.773. The number of hydrogen-bond acceptors (Lipinski definition) is 2. The first-order valence-electron chi connectivity index (χ1n) is 7.44. The second kappa shape index (κ2) is 10.2. The van der Waals surface area contributed by atoms with Gasteiger partial charge in [0.2, 0.25) is 0 Å². The van der Waals surface area contributed by atoms with Gasteiger partial charge in [-0.2, -0.15) is 0 Å². The highest BCUT2D eigenvalue weighted by atomic mass is 16.5. The fourth-order valence-corrected chi connectivity index (χ4v) is 2.53. The number of rotatable bonds is 9. The Morgan fingerprint density at radius 2 is 2.06 bits per heavy atom. The Hall–Kier alpha value is -0.760. The SMILES string of the molecule is C=CCC/C=C(\CCCNC1CCCCC1)OC. The van der Waals surface area contributed by atoms with Gasteiger partial charge in [-0.3, -0.25) is 0 Å². The van der Waals surface area contributed by atoms with Crippen LogP contribution < -0.4 is 5.32 Å². The Kier molecular flexibility index (Phi) is 8.66. The molecule has 0 aromatic heterocycles. The second-order valence-corrected chi connectivity index (χ2v) is 5.13. The van der Waals surface area contributed by atoms with Crippen molar-refractivity contribution in [2.75, 3.05) is 13.7 Å². The molecule has 0 radical (unpaired) electrons. The van der Waals surface area contributed by atoms with Gasteiger partial charge in [0, 0.05) is 12.5 Å². The summed E-state index contributed by atoms with van der Waals surface area (Å²) in [5.74, 6) is 1.13. The maximum Gasteiger partial charge on any atom is 0.0916 e. The maximum atomic E-state index is 5.39. The van der Waals surface area contributed by atoms with Crippen LogP contribution >= 0.6 is 0 Å². The van der Waals surface area contributed by atoms with E-state index in [9.17, 15) is 0 Å². The van der Waals surface area contributed by atoms with E-state index in [0.717, 1.165) is 37.6 Å². The van der Waals surface area contributed by atoms with E-state index in [1.165, 1.54) is 38.5 Å². The fourth-order valence-electron chi connectivity index (χ4n) is 2.53. The van der Waals surface area contributed by atoms with E-state index < -0.39 is 0 Å². The van der Waals surface area contributed by atoms with E-state index in [2.05, 4.69) is 18.0 Å². The molecule has 0 atom stereocenters. The van der Waals surface area contributed by atoms with E-state index in [0.29, 0.717) is 0 Å². The van der Waals surface area contributed by atoms with Gasteiger partial charge in [-0.1, -0.05) is 25.3 Å². The van der Waals surface area contributed by atoms with Crippen LogP contribution in [0, 0.1) is 0 Å². The molecule has 0 bridgehead atoms. The van der Waals surface area contributed by atoms with Crippen molar-refractivity contribution >= 4 is 0 Å². The van der Waals surface area contributed by atoms with Crippen LogP contribution in [0.4, 0.5) is 0 Å². The Labute approximate surface area is 112 Å². The van der Waals surface area contributed by atoms with Crippen molar-refractivity contribution in [3.8, 4) is 0 Å². The van der Waals surface area contributed by atoms with Crippen molar-refractivity contribution in [3.63, 3.8) is 0 Å². The predicted molar refractivity (Wildman–Crippen MR) is 78.6 cm³/mol. The van der Waals surface area contributed by atoms with Gasteiger partial charge in [0.15, 0.2) is 0 Å². The molecule has 0 amide bonds. The molecule has 1 aliphatic carbocycles. The third-order valence-corrected chi connectivity index (χ3v) is 3.64. The zero-order valence-corrected chi connectivity index (χ0v) is 11.9. The summed E-state index contributed by atoms with van der Waals surface area (Å²) in [5, 5.41) is 3.67. The highest BCUT2D eigenvalue weighted by molar-refractivity contribution is 4.94. The number of nitrogens with one attached hydrogen (secondary N) is 1. The van der Waals surface area contributed by atoms with E-state index in [1.807, 2.05) is 6.08 Å². The fraction of sp³-hybridized carbons (Fsp3) is 0.750. The maximum absolute atomic E-state index is 5.39. The molecule has 0 unspecified atom stereocenters. The third kappa shape index (κ3) is 6.85. The Morgan fingerprint density at radius 1 is 1.28 bits per heavy atom. The van der Waals surface area contributed by atoms with Gasteiger partial charge < -0.3 is 10.1 Å². The number of methoxy groups -OCH3 is 1. The normalized spacial score (nSPS) is 17.7. The first kappa shape index (κ1) is 15.3. The van der Waals surface area contributed by atoms with Gasteiger partial charge in [-0.25, -0.2) is 0 Å². The quantitative estimate of drug-likeness (QED) is 0.377. The molecule has 2 nitrogen and oxygen atoms in total. The standard InChI is InChI=1S/C16H29NO/c1-3-4-6-12-16(18-2)13-9-14-17-15-10-7-5-8-11-15/h3,12,15,17H,1,4-11,13-14H2,2H3/b16-12+. The number of unbranched alkanes of at least 4 members (excludes halogenated alkanes) is 1. The van der Waals surface area contributed by atoms with Gasteiger partial charge >= 0.3 is 0 Å². The second-order valence-electron chi connectivity index (χ2n) is 5.13. The first-order valence-corrected chi connectivity index (χ1v) is 7.44. The Balaban J connectivity index is 2.07. The molecule has 1 fully saturated rings. The van der Waals surface area contributed by atoms with Crippen molar-refractivity contribution in [3.05, 3.63) is 24.5 Å². The first-order chi connectivity index (χ1) is 8.86. The van der Waals surface area contributed by atoms with Crippen molar-refractivity contribution in [1.29, 1.82) is 0 Å². The molecule has 0 aromatic rings. The van der Waals surface area contributed by atoms with Crippen molar-refractivity contribution in [2.45, 2.75) is 63.8 Å². The zero-order chi connectivity index (χ0) is 13.1. The summed E-state index contributed by atoms with van der Waals surface area (Å²) in [4.78, 5) is 0. The molecule has 0 aliphatic heterocycles. The summed E-state index contributed by atoms with van der Waals surface area (Å²) < 4.78 is 5.39. The van der Waals surface area contributed by atoms with Crippen LogP contribution in [-0.2, 0) is 4.74 Å². The molecule has 1 rings (SSSR count). The topological polar surface area (TPSA) is 21.3 Å². The molecule has 0 saturated heterocycles. The summed E-state index contributed by atoms with van der Waals surface area (Å²) in [7, 11) is 1.77. The minimum Gasteiger partial charge on any atom is -0.501 e. The lowest BCUT2D eigenvalue weighted by Crippen LogP contribution is -2.31. The Morgan fingerprint density at radius 3 is 2.72 bits per heavy atom. The summed E-state index contributed by atoms with van der Waals surface area (Å²) in [6.07, 6.45) is 15.4. The van der Waals surface area contributed by atoms with Crippen molar-refractivity contribution in [1.82, 2.24) is 5.32 Å². The molecule has 0 aromatic carbocycles. The van der Waals surface area contributed by atoms with E-state index in [-0.39, 0.29) is 0 Å². The van der Waals surface area contributed by atoms with Crippen LogP contribution in [0.15, 0.2) is 24.5 Å². The molecule has 1 N–H and O–H groups in total. The monoisotopic (exact) mass is 251 g/mol. The van der Waals surface area contributed by atoms with Crippen molar-refractivity contribution < 1.29 is 4.74 Å². The summed E-state index contributed by atoms with van der Waals surface area (Å²) >= 11 is 0. The number of hydrogen-bond donors (Lipinski definition) is 1. The highest BCUT2D eigenvalue weighted by Gasteiger charge is 2.11. The van der Waals surface area contributed by atoms with Crippen LogP contribution in [0.5, 0.6) is 0 Å². The lowest BCUT2D eigenvalue weighted by Gasteiger charge is -2.22.